The van der Waals surface area contributed by atoms with E-state index in [0.29, 0.717) is 23.8 Å². The molecule has 7 heteroatoms. The topological polar surface area (TPSA) is 107 Å². The van der Waals surface area contributed by atoms with Crippen molar-refractivity contribution < 1.29 is 14.3 Å². The maximum Gasteiger partial charge on any atom is 0.252 e. The molecule has 0 spiro atoms. The zero-order valence-electron chi connectivity index (χ0n) is 15.4. The van der Waals surface area contributed by atoms with Crippen molar-refractivity contribution in [2.45, 2.75) is 19.3 Å². The van der Waals surface area contributed by atoms with Crippen molar-refractivity contribution in [1.82, 2.24) is 9.97 Å². The lowest BCUT2D eigenvalue weighted by Gasteiger charge is -2.31. The normalized spacial score (nSPS) is 23.5. The summed E-state index contributed by atoms with van der Waals surface area (Å²) in [5.41, 5.74) is 7.00. The summed E-state index contributed by atoms with van der Waals surface area (Å²) >= 11 is 0. The number of anilines is 1. The number of hydrogen-bond donors (Lipinski definition) is 2. The molecular formula is C21H20N4O3. The van der Waals surface area contributed by atoms with Gasteiger partial charge in [0.05, 0.1) is 6.61 Å². The Balaban J connectivity index is 1.72. The molecule has 2 atom stereocenters. The minimum atomic E-state index is -1.08. The van der Waals surface area contributed by atoms with Gasteiger partial charge in [-0.05, 0) is 31.1 Å². The predicted molar refractivity (Wildman–Crippen MR) is 103 cm³/mol. The van der Waals surface area contributed by atoms with Crippen molar-refractivity contribution in [3.63, 3.8) is 0 Å². The number of aromatic nitrogens is 2. The van der Waals surface area contributed by atoms with E-state index >= 15 is 0 Å². The molecule has 2 unspecified atom stereocenters. The Morgan fingerprint density at radius 2 is 2.04 bits per heavy atom. The first kappa shape index (κ1) is 17.9. The van der Waals surface area contributed by atoms with E-state index in [1.54, 1.807) is 19.2 Å². The Hall–Kier alpha value is -3.48. The third-order valence-corrected chi connectivity index (χ3v) is 5.27. The average molecular weight is 376 g/mol. The highest BCUT2D eigenvalue weighted by atomic mass is 16.5. The standard InChI is InChI=1S/C21H20N4O3/c1-21(20(22)27)10-14(19(26)25-17-7-8-23-12-24-17)9-15-16(11-28-18(15)21)13-5-3-2-4-6-13/h2-9,12,16H,10-11H2,1H3,(H2,22,27)(H,23,24,25,26). The number of nitrogens with zero attached hydrogens (tertiary/aromatic N) is 2. The van der Waals surface area contributed by atoms with Gasteiger partial charge in [-0.2, -0.15) is 0 Å². The van der Waals surface area contributed by atoms with Crippen LogP contribution in [0.25, 0.3) is 0 Å². The number of allylic oxidation sites excluding steroid dienone is 1. The minimum absolute atomic E-state index is 0.0583. The number of ether oxygens (including phenoxy) is 1. The van der Waals surface area contributed by atoms with Gasteiger partial charge in [-0.15, -0.1) is 0 Å². The second-order valence-corrected chi connectivity index (χ2v) is 7.15. The average Bonchev–Trinajstić information content (AvgIpc) is 3.14. The largest absolute Gasteiger partial charge is 0.495 e. The molecule has 3 N–H and O–H groups in total. The quantitative estimate of drug-likeness (QED) is 0.851. The fraction of sp³-hybridized carbons (Fsp3) is 0.238. The van der Waals surface area contributed by atoms with Crippen LogP contribution in [-0.4, -0.2) is 28.4 Å². The lowest BCUT2D eigenvalue weighted by molar-refractivity contribution is -0.126. The molecule has 0 saturated carbocycles. The van der Waals surface area contributed by atoms with E-state index in [0.717, 1.165) is 11.1 Å². The monoisotopic (exact) mass is 376 g/mol. The van der Waals surface area contributed by atoms with Crippen LogP contribution in [0.2, 0.25) is 0 Å². The number of carbonyl (C=O) groups is 2. The maximum absolute atomic E-state index is 12.9. The van der Waals surface area contributed by atoms with E-state index in [1.165, 1.54) is 6.33 Å². The first-order valence-corrected chi connectivity index (χ1v) is 8.99. The molecule has 0 saturated heterocycles. The minimum Gasteiger partial charge on any atom is -0.495 e. The summed E-state index contributed by atoms with van der Waals surface area (Å²) in [6.07, 6.45) is 4.89. The SMILES string of the molecule is CC1(C(N)=O)CC(C(=O)Nc2ccncn2)=CC2=C1OCC2c1ccccc1. The van der Waals surface area contributed by atoms with Gasteiger partial charge in [0, 0.05) is 23.3 Å². The third kappa shape index (κ3) is 3.05. The van der Waals surface area contributed by atoms with Gasteiger partial charge in [-0.25, -0.2) is 9.97 Å². The molecule has 1 aromatic heterocycles. The Bertz CT molecular complexity index is 985. The van der Waals surface area contributed by atoms with E-state index in [4.69, 9.17) is 10.5 Å². The van der Waals surface area contributed by atoms with Gasteiger partial charge in [0.1, 0.15) is 23.3 Å². The van der Waals surface area contributed by atoms with Crippen LogP contribution in [0.4, 0.5) is 5.82 Å². The van der Waals surface area contributed by atoms with Gasteiger partial charge in [-0.3, -0.25) is 9.59 Å². The van der Waals surface area contributed by atoms with Crippen LogP contribution in [0.3, 0.4) is 0 Å². The highest BCUT2D eigenvalue weighted by Crippen LogP contribution is 2.49. The molecule has 0 bridgehead atoms. The summed E-state index contributed by atoms with van der Waals surface area (Å²) in [7, 11) is 0. The molecule has 1 aromatic carbocycles. The van der Waals surface area contributed by atoms with Crippen LogP contribution in [0.5, 0.6) is 0 Å². The van der Waals surface area contributed by atoms with Crippen LogP contribution in [0.1, 0.15) is 24.8 Å². The van der Waals surface area contributed by atoms with Crippen molar-refractivity contribution >= 4 is 17.6 Å². The Morgan fingerprint density at radius 3 is 2.71 bits per heavy atom. The number of benzene rings is 1. The molecule has 2 aromatic rings. The second-order valence-electron chi connectivity index (χ2n) is 7.15. The highest BCUT2D eigenvalue weighted by molar-refractivity contribution is 6.05. The molecule has 2 amide bonds. The Labute approximate surface area is 162 Å². The van der Waals surface area contributed by atoms with E-state index in [1.807, 2.05) is 36.4 Å². The third-order valence-electron chi connectivity index (χ3n) is 5.27. The summed E-state index contributed by atoms with van der Waals surface area (Å²) < 4.78 is 5.93. The van der Waals surface area contributed by atoms with Crippen molar-refractivity contribution in [3.05, 3.63) is 77.5 Å². The van der Waals surface area contributed by atoms with Crippen LogP contribution in [0.15, 0.2) is 71.9 Å². The number of nitrogens with two attached hydrogens (primary N) is 1. The summed E-state index contributed by atoms with van der Waals surface area (Å²) in [6.45, 7) is 2.14. The number of carbonyl (C=O) groups excluding carboxylic acids is 2. The van der Waals surface area contributed by atoms with E-state index in [2.05, 4.69) is 15.3 Å². The summed E-state index contributed by atoms with van der Waals surface area (Å²) in [4.78, 5) is 33.0. The van der Waals surface area contributed by atoms with Crippen molar-refractivity contribution in [1.29, 1.82) is 0 Å². The molecule has 1 aliphatic carbocycles. The van der Waals surface area contributed by atoms with E-state index in [9.17, 15) is 9.59 Å². The van der Waals surface area contributed by atoms with Gasteiger partial charge >= 0.3 is 0 Å². The number of rotatable bonds is 4. The number of amides is 2. The first-order valence-electron chi connectivity index (χ1n) is 8.99. The zero-order chi connectivity index (χ0) is 19.7. The first-order chi connectivity index (χ1) is 13.5. The molecule has 0 radical (unpaired) electrons. The Morgan fingerprint density at radius 1 is 1.25 bits per heavy atom. The van der Waals surface area contributed by atoms with Crippen molar-refractivity contribution in [2.24, 2.45) is 11.1 Å². The molecule has 28 heavy (non-hydrogen) atoms. The van der Waals surface area contributed by atoms with Crippen molar-refractivity contribution in [2.75, 3.05) is 11.9 Å². The number of nitrogens with one attached hydrogen (secondary N) is 1. The zero-order valence-corrected chi connectivity index (χ0v) is 15.4. The second kappa shape index (κ2) is 6.92. The summed E-state index contributed by atoms with van der Waals surface area (Å²) in [5, 5.41) is 2.75. The van der Waals surface area contributed by atoms with Crippen molar-refractivity contribution in [3.8, 4) is 0 Å². The lowest BCUT2D eigenvalue weighted by Crippen LogP contribution is -2.39. The van der Waals surface area contributed by atoms with Gasteiger partial charge in [0.15, 0.2) is 0 Å². The molecule has 1 aliphatic heterocycles. The van der Waals surface area contributed by atoms with Crippen LogP contribution < -0.4 is 11.1 Å². The van der Waals surface area contributed by atoms with Gasteiger partial charge in [-0.1, -0.05) is 30.3 Å². The van der Waals surface area contributed by atoms with Crippen LogP contribution in [-0.2, 0) is 14.3 Å². The van der Waals surface area contributed by atoms with E-state index in [-0.39, 0.29) is 18.2 Å². The number of hydrogen-bond acceptors (Lipinski definition) is 5. The molecule has 2 heterocycles. The van der Waals surface area contributed by atoms with Gasteiger partial charge in [0.25, 0.3) is 5.91 Å². The molecule has 4 rings (SSSR count). The van der Waals surface area contributed by atoms with Gasteiger partial charge < -0.3 is 15.8 Å². The fourth-order valence-electron chi connectivity index (χ4n) is 3.71. The van der Waals surface area contributed by atoms with Crippen LogP contribution >= 0.6 is 0 Å². The van der Waals surface area contributed by atoms with Gasteiger partial charge in [0.2, 0.25) is 5.91 Å². The smallest absolute Gasteiger partial charge is 0.252 e. The highest BCUT2D eigenvalue weighted by Gasteiger charge is 2.47. The van der Waals surface area contributed by atoms with Crippen LogP contribution in [0, 0.1) is 5.41 Å². The lowest BCUT2D eigenvalue weighted by atomic mass is 9.73. The molecule has 2 aliphatic rings. The summed E-state index contributed by atoms with van der Waals surface area (Å²) in [6, 6.07) is 11.5. The molecular weight excluding hydrogens is 356 g/mol. The fourth-order valence-corrected chi connectivity index (χ4v) is 3.71. The number of primary amides is 1. The summed E-state index contributed by atoms with van der Waals surface area (Å²) in [5.74, 6) is 0.0544. The maximum atomic E-state index is 12.9. The molecule has 0 fully saturated rings. The molecule has 7 nitrogen and oxygen atoms in total. The predicted octanol–water partition coefficient (Wildman–Crippen LogP) is 2.30. The molecule has 142 valence electrons. The Kier molecular flexibility index (Phi) is 4.43. The van der Waals surface area contributed by atoms with E-state index < -0.39 is 11.3 Å².